The number of carbonyl (C=O) groups is 1. The third kappa shape index (κ3) is 1.82. The summed E-state index contributed by atoms with van der Waals surface area (Å²) in [5.41, 5.74) is 5.09. The maximum Gasteiger partial charge on any atom is 0.331 e. The fraction of sp³-hybridized carbons (Fsp3) is 0. The third-order valence-electron chi connectivity index (χ3n) is 1.10. The SMILES string of the molecule is Nc1ncc(/C(F)=C/C(=O)O)[nH]1. The second kappa shape index (κ2) is 3.04. The van der Waals surface area contributed by atoms with Gasteiger partial charge in [0.15, 0.2) is 11.8 Å². The number of aromatic amines is 1. The van der Waals surface area contributed by atoms with Crippen LogP contribution in [0.3, 0.4) is 0 Å². The highest BCUT2D eigenvalue weighted by molar-refractivity contribution is 5.87. The first-order valence-electron chi connectivity index (χ1n) is 3.00. The van der Waals surface area contributed by atoms with Crippen molar-refractivity contribution < 1.29 is 14.3 Å². The lowest BCUT2D eigenvalue weighted by molar-refractivity contribution is -0.131. The van der Waals surface area contributed by atoms with Gasteiger partial charge in [0.25, 0.3) is 0 Å². The number of nitrogens with zero attached hydrogens (tertiary/aromatic N) is 1. The molecule has 5 nitrogen and oxygen atoms in total. The molecule has 1 aromatic heterocycles. The molecule has 64 valence electrons. The average molecular weight is 171 g/mol. The zero-order chi connectivity index (χ0) is 9.14. The van der Waals surface area contributed by atoms with Crippen LogP contribution in [0.15, 0.2) is 12.3 Å². The van der Waals surface area contributed by atoms with Gasteiger partial charge in [0.2, 0.25) is 0 Å². The second-order valence-corrected chi connectivity index (χ2v) is 2.01. The minimum absolute atomic E-state index is 0.0407. The van der Waals surface area contributed by atoms with Gasteiger partial charge in [-0.25, -0.2) is 14.2 Å². The van der Waals surface area contributed by atoms with E-state index in [1.807, 2.05) is 0 Å². The number of hydrogen-bond donors (Lipinski definition) is 3. The van der Waals surface area contributed by atoms with Crippen LogP contribution >= 0.6 is 0 Å². The topological polar surface area (TPSA) is 92.0 Å². The number of H-pyrrole nitrogens is 1. The molecule has 0 aromatic carbocycles. The van der Waals surface area contributed by atoms with Gasteiger partial charge < -0.3 is 15.8 Å². The van der Waals surface area contributed by atoms with E-state index >= 15 is 0 Å². The Morgan fingerprint density at radius 1 is 1.83 bits per heavy atom. The number of carboxylic acids is 1. The normalized spacial score (nSPS) is 11.6. The molecule has 1 rings (SSSR count). The molecular formula is C6H6FN3O2. The number of rotatable bonds is 2. The Morgan fingerprint density at radius 3 is 2.92 bits per heavy atom. The molecule has 0 amide bonds. The molecule has 0 aliphatic rings. The molecule has 0 radical (unpaired) electrons. The summed E-state index contributed by atoms with van der Waals surface area (Å²) < 4.78 is 12.8. The lowest BCUT2D eigenvalue weighted by atomic mass is 10.4. The monoisotopic (exact) mass is 171 g/mol. The molecular weight excluding hydrogens is 165 g/mol. The smallest absolute Gasteiger partial charge is 0.331 e. The quantitative estimate of drug-likeness (QED) is 0.561. The predicted molar refractivity (Wildman–Crippen MR) is 39.7 cm³/mol. The molecule has 0 fully saturated rings. The van der Waals surface area contributed by atoms with Crippen LogP contribution in [0.5, 0.6) is 0 Å². The predicted octanol–water partition coefficient (Wildman–Crippen LogP) is 0.387. The number of aromatic nitrogens is 2. The highest BCUT2D eigenvalue weighted by Crippen LogP contribution is 2.13. The van der Waals surface area contributed by atoms with Gasteiger partial charge in [-0.2, -0.15) is 0 Å². The Hall–Kier alpha value is -1.85. The number of carboxylic acid groups (broad SMARTS) is 1. The largest absolute Gasteiger partial charge is 0.478 e. The van der Waals surface area contributed by atoms with Gasteiger partial charge in [-0.3, -0.25) is 0 Å². The fourth-order valence-electron chi connectivity index (χ4n) is 0.644. The molecule has 0 atom stereocenters. The fourth-order valence-corrected chi connectivity index (χ4v) is 0.644. The molecule has 0 unspecified atom stereocenters. The number of hydrogen-bond acceptors (Lipinski definition) is 3. The van der Waals surface area contributed by atoms with Crippen LogP contribution in [0.2, 0.25) is 0 Å². The van der Waals surface area contributed by atoms with Crippen LogP contribution in [-0.2, 0) is 4.79 Å². The summed E-state index contributed by atoms with van der Waals surface area (Å²) in [4.78, 5) is 15.8. The lowest BCUT2D eigenvalue weighted by Crippen LogP contribution is -1.90. The zero-order valence-electron chi connectivity index (χ0n) is 5.91. The first kappa shape index (κ1) is 8.25. The number of nitrogens with two attached hydrogens (primary N) is 1. The lowest BCUT2D eigenvalue weighted by Gasteiger charge is -1.88. The number of nitrogen functional groups attached to an aromatic ring is 1. The van der Waals surface area contributed by atoms with E-state index in [0.29, 0.717) is 6.08 Å². The van der Waals surface area contributed by atoms with Crippen molar-refractivity contribution in [2.45, 2.75) is 0 Å². The van der Waals surface area contributed by atoms with Crippen molar-refractivity contribution in [2.75, 3.05) is 5.73 Å². The van der Waals surface area contributed by atoms with E-state index in [1.165, 1.54) is 0 Å². The minimum Gasteiger partial charge on any atom is -0.478 e. The molecule has 0 spiro atoms. The van der Waals surface area contributed by atoms with Crippen molar-refractivity contribution in [3.8, 4) is 0 Å². The standard InChI is InChI=1S/C6H6FN3O2/c7-3(1-5(11)12)4-2-9-6(8)10-4/h1-2H,(H,11,12)(H3,8,9,10)/b3-1-. The first-order valence-corrected chi connectivity index (χ1v) is 3.00. The first-order chi connectivity index (χ1) is 5.59. The van der Waals surface area contributed by atoms with E-state index < -0.39 is 11.8 Å². The van der Waals surface area contributed by atoms with Crippen molar-refractivity contribution in [3.05, 3.63) is 18.0 Å². The Morgan fingerprint density at radius 2 is 2.50 bits per heavy atom. The van der Waals surface area contributed by atoms with E-state index in [9.17, 15) is 9.18 Å². The molecule has 1 aromatic rings. The average Bonchev–Trinajstić information content (AvgIpc) is 2.34. The number of halogens is 1. The maximum absolute atomic E-state index is 12.8. The molecule has 1 heterocycles. The van der Waals surface area contributed by atoms with Gasteiger partial charge in [0, 0.05) is 0 Å². The molecule has 0 saturated heterocycles. The molecule has 0 saturated carbocycles. The van der Waals surface area contributed by atoms with Crippen LogP contribution in [0.1, 0.15) is 5.69 Å². The highest BCUT2D eigenvalue weighted by Gasteiger charge is 2.04. The zero-order valence-corrected chi connectivity index (χ0v) is 5.91. The molecule has 0 aliphatic carbocycles. The van der Waals surface area contributed by atoms with Crippen LogP contribution < -0.4 is 5.73 Å². The minimum atomic E-state index is -1.36. The van der Waals surface area contributed by atoms with Crippen molar-refractivity contribution in [3.63, 3.8) is 0 Å². The third-order valence-corrected chi connectivity index (χ3v) is 1.10. The molecule has 0 aliphatic heterocycles. The number of anilines is 1. The van der Waals surface area contributed by atoms with Gasteiger partial charge >= 0.3 is 5.97 Å². The van der Waals surface area contributed by atoms with Gasteiger partial charge in [0.1, 0.15) is 0 Å². The second-order valence-electron chi connectivity index (χ2n) is 2.01. The Labute approximate surface area is 66.7 Å². The molecule has 0 bridgehead atoms. The van der Waals surface area contributed by atoms with E-state index in [0.717, 1.165) is 6.20 Å². The molecule has 12 heavy (non-hydrogen) atoms. The van der Waals surface area contributed by atoms with Crippen LogP contribution in [-0.4, -0.2) is 21.0 Å². The van der Waals surface area contributed by atoms with Crippen LogP contribution in [0.4, 0.5) is 10.3 Å². The molecule has 4 N–H and O–H groups in total. The van der Waals surface area contributed by atoms with E-state index in [1.54, 1.807) is 0 Å². The van der Waals surface area contributed by atoms with Crippen molar-refractivity contribution >= 4 is 17.7 Å². The Bertz CT molecular complexity index is 331. The van der Waals surface area contributed by atoms with Gasteiger partial charge in [-0.05, 0) is 0 Å². The van der Waals surface area contributed by atoms with Gasteiger partial charge in [-0.15, -0.1) is 0 Å². The van der Waals surface area contributed by atoms with E-state index in [4.69, 9.17) is 10.8 Å². The summed E-state index contributed by atoms with van der Waals surface area (Å²) >= 11 is 0. The van der Waals surface area contributed by atoms with E-state index in [-0.39, 0.29) is 11.6 Å². The summed E-state index contributed by atoms with van der Waals surface area (Å²) in [5, 5.41) is 8.17. The summed E-state index contributed by atoms with van der Waals surface area (Å²) in [7, 11) is 0. The number of aliphatic carboxylic acids is 1. The number of nitrogens with one attached hydrogen (secondary N) is 1. The maximum atomic E-state index is 12.8. The summed E-state index contributed by atoms with van der Waals surface area (Å²) in [6, 6.07) is 0. The van der Waals surface area contributed by atoms with Crippen molar-refractivity contribution in [1.82, 2.24) is 9.97 Å². The Balaban J connectivity index is 2.91. The van der Waals surface area contributed by atoms with Crippen molar-refractivity contribution in [2.24, 2.45) is 0 Å². The van der Waals surface area contributed by atoms with Crippen LogP contribution in [0.25, 0.3) is 5.83 Å². The van der Waals surface area contributed by atoms with E-state index in [2.05, 4.69) is 9.97 Å². The van der Waals surface area contributed by atoms with Crippen LogP contribution in [0, 0.1) is 0 Å². The molecule has 6 heteroatoms. The highest BCUT2D eigenvalue weighted by atomic mass is 19.1. The Kier molecular flexibility index (Phi) is 2.09. The summed E-state index contributed by atoms with van der Waals surface area (Å²) in [6.07, 6.45) is 1.54. The van der Waals surface area contributed by atoms with Gasteiger partial charge in [-0.1, -0.05) is 0 Å². The van der Waals surface area contributed by atoms with Crippen molar-refractivity contribution in [1.29, 1.82) is 0 Å². The summed E-state index contributed by atoms with van der Waals surface area (Å²) in [6.45, 7) is 0. The summed E-state index contributed by atoms with van der Waals surface area (Å²) in [5.74, 6) is -2.23. The van der Waals surface area contributed by atoms with Gasteiger partial charge in [0.05, 0.1) is 18.0 Å². The number of imidazole rings is 1.